The standard InChI is InChI=1S/C9H6FN3O/c10-8-2-1-3-9(12-8)13-7(6-14)4-5-11-13/h1-6H. The molecule has 0 N–H and O–H groups in total. The van der Waals surface area contributed by atoms with E-state index < -0.39 is 5.95 Å². The van der Waals surface area contributed by atoms with Crippen LogP contribution >= 0.6 is 0 Å². The molecule has 2 heterocycles. The van der Waals surface area contributed by atoms with Crippen LogP contribution in [0.15, 0.2) is 30.5 Å². The van der Waals surface area contributed by atoms with Gasteiger partial charge in [-0.25, -0.2) is 9.67 Å². The minimum Gasteiger partial charge on any atom is -0.296 e. The van der Waals surface area contributed by atoms with Gasteiger partial charge in [-0.3, -0.25) is 4.79 Å². The number of aromatic nitrogens is 3. The van der Waals surface area contributed by atoms with Crippen molar-refractivity contribution < 1.29 is 9.18 Å². The van der Waals surface area contributed by atoms with Gasteiger partial charge in [0.25, 0.3) is 0 Å². The van der Waals surface area contributed by atoms with Gasteiger partial charge in [0.2, 0.25) is 5.95 Å². The summed E-state index contributed by atoms with van der Waals surface area (Å²) < 4.78 is 14.0. The van der Waals surface area contributed by atoms with Crippen LogP contribution in [-0.2, 0) is 0 Å². The van der Waals surface area contributed by atoms with Crippen molar-refractivity contribution in [1.82, 2.24) is 14.8 Å². The Hall–Kier alpha value is -2.04. The van der Waals surface area contributed by atoms with Crippen LogP contribution < -0.4 is 0 Å². The maximum atomic E-state index is 12.8. The summed E-state index contributed by atoms with van der Waals surface area (Å²) in [5.41, 5.74) is 0.336. The zero-order chi connectivity index (χ0) is 9.97. The fraction of sp³-hybridized carbons (Fsp3) is 0. The molecular formula is C9H6FN3O. The predicted molar refractivity (Wildman–Crippen MR) is 46.7 cm³/mol. The zero-order valence-electron chi connectivity index (χ0n) is 7.09. The highest BCUT2D eigenvalue weighted by Crippen LogP contribution is 2.06. The topological polar surface area (TPSA) is 47.8 Å². The number of halogens is 1. The number of nitrogens with zero attached hydrogens (tertiary/aromatic N) is 3. The van der Waals surface area contributed by atoms with Crippen molar-refractivity contribution in [3.05, 3.63) is 42.1 Å². The summed E-state index contributed by atoms with van der Waals surface area (Å²) in [6.45, 7) is 0. The molecule has 5 heteroatoms. The summed E-state index contributed by atoms with van der Waals surface area (Å²) in [5, 5.41) is 3.85. The van der Waals surface area contributed by atoms with Gasteiger partial charge in [0.15, 0.2) is 12.1 Å². The molecule has 0 radical (unpaired) electrons. The number of rotatable bonds is 2. The number of carbonyl (C=O) groups is 1. The maximum absolute atomic E-state index is 12.8. The number of aldehydes is 1. The van der Waals surface area contributed by atoms with E-state index in [1.54, 1.807) is 6.07 Å². The minimum absolute atomic E-state index is 0.289. The van der Waals surface area contributed by atoms with E-state index in [0.29, 0.717) is 12.0 Å². The van der Waals surface area contributed by atoms with Crippen LogP contribution in [-0.4, -0.2) is 21.1 Å². The van der Waals surface area contributed by atoms with Crippen molar-refractivity contribution in [2.24, 2.45) is 0 Å². The molecule has 0 saturated carbocycles. The molecule has 70 valence electrons. The van der Waals surface area contributed by atoms with Crippen molar-refractivity contribution in [2.45, 2.75) is 0 Å². The highest BCUT2D eigenvalue weighted by molar-refractivity contribution is 5.72. The lowest BCUT2D eigenvalue weighted by molar-refractivity contribution is 0.111. The highest BCUT2D eigenvalue weighted by Gasteiger charge is 2.04. The molecule has 0 aliphatic rings. The van der Waals surface area contributed by atoms with Crippen LogP contribution in [0.2, 0.25) is 0 Å². The van der Waals surface area contributed by atoms with Crippen molar-refractivity contribution >= 4 is 6.29 Å². The molecule has 0 saturated heterocycles. The molecule has 0 aliphatic heterocycles. The first-order chi connectivity index (χ1) is 6.81. The Kier molecular flexibility index (Phi) is 2.06. The highest BCUT2D eigenvalue weighted by atomic mass is 19.1. The third-order valence-electron chi connectivity index (χ3n) is 1.71. The molecule has 2 aromatic heterocycles. The first-order valence-corrected chi connectivity index (χ1v) is 3.93. The summed E-state index contributed by atoms with van der Waals surface area (Å²) in [6, 6.07) is 5.84. The molecule has 4 nitrogen and oxygen atoms in total. The minimum atomic E-state index is -0.602. The molecule has 0 aromatic carbocycles. The normalized spacial score (nSPS) is 10.1. The number of carbonyl (C=O) groups excluding carboxylic acids is 1. The molecule has 0 atom stereocenters. The first kappa shape index (κ1) is 8.55. The lowest BCUT2D eigenvalue weighted by Crippen LogP contribution is -2.04. The van der Waals surface area contributed by atoms with Crippen LogP contribution in [0.1, 0.15) is 10.5 Å². The molecule has 2 rings (SSSR count). The Bertz CT molecular complexity index is 467. The summed E-state index contributed by atoms with van der Waals surface area (Å²) in [4.78, 5) is 14.2. The van der Waals surface area contributed by atoms with Crippen LogP contribution in [0.4, 0.5) is 4.39 Å². The average Bonchev–Trinajstić information content (AvgIpc) is 2.65. The van der Waals surface area contributed by atoms with E-state index >= 15 is 0 Å². The second-order valence-electron chi connectivity index (χ2n) is 2.60. The smallest absolute Gasteiger partial charge is 0.214 e. The summed E-state index contributed by atoms with van der Waals surface area (Å²) in [7, 11) is 0. The average molecular weight is 191 g/mol. The zero-order valence-corrected chi connectivity index (χ0v) is 7.09. The molecular weight excluding hydrogens is 185 g/mol. The van der Waals surface area contributed by atoms with E-state index in [9.17, 15) is 9.18 Å². The molecule has 0 amide bonds. The van der Waals surface area contributed by atoms with E-state index in [0.717, 1.165) is 0 Å². The largest absolute Gasteiger partial charge is 0.296 e. The van der Waals surface area contributed by atoms with Gasteiger partial charge in [0, 0.05) is 0 Å². The van der Waals surface area contributed by atoms with Crippen molar-refractivity contribution in [1.29, 1.82) is 0 Å². The lowest BCUT2D eigenvalue weighted by atomic mass is 10.4. The van der Waals surface area contributed by atoms with Gasteiger partial charge in [-0.15, -0.1) is 0 Å². The molecule has 0 bridgehead atoms. The molecule has 0 unspecified atom stereocenters. The Morgan fingerprint density at radius 2 is 2.21 bits per heavy atom. The Morgan fingerprint density at radius 3 is 2.93 bits per heavy atom. The van der Waals surface area contributed by atoms with Gasteiger partial charge in [-0.1, -0.05) is 6.07 Å². The molecule has 14 heavy (non-hydrogen) atoms. The molecule has 0 spiro atoms. The van der Waals surface area contributed by atoms with Gasteiger partial charge in [-0.05, 0) is 18.2 Å². The lowest BCUT2D eigenvalue weighted by Gasteiger charge is -2.01. The summed E-state index contributed by atoms with van der Waals surface area (Å²) in [5.74, 6) is -0.313. The third-order valence-corrected chi connectivity index (χ3v) is 1.71. The van der Waals surface area contributed by atoms with Crippen molar-refractivity contribution in [3.63, 3.8) is 0 Å². The van der Waals surface area contributed by atoms with Gasteiger partial charge in [0.05, 0.1) is 6.20 Å². The van der Waals surface area contributed by atoms with Crippen LogP contribution in [0.25, 0.3) is 5.82 Å². The fourth-order valence-corrected chi connectivity index (χ4v) is 1.11. The first-order valence-electron chi connectivity index (χ1n) is 3.93. The molecule has 0 fully saturated rings. The quantitative estimate of drug-likeness (QED) is 0.529. The van der Waals surface area contributed by atoms with Crippen molar-refractivity contribution in [3.8, 4) is 5.82 Å². The number of hydrogen-bond donors (Lipinski definition) is 0. The predicted octanol–water partition coefficient (Wildman–Crippen LogP) is 1.22. The Labute approximate surface area is 79.0 Å². The van der Waals surface area contributed by atoms with Gasteiger partial charge in [-0.2, -0.15) is 9.49 Å². The molecule has 0 aliphatic carbocycles. The van der Waals surface area contributed by atoms with Crippen LogP contribution in [0, 0.1) is 5.95 Å². The van der Waals surface area contributed by atoms with Crippen LogP contribution in [0.5, 0.6) is 0 Å². The van der Waals surface area contributed by atoms with Gasteiger partial charge >= 0.3 is 0 Å². The Morgan fingerprint density at radius 1 is 1.36 bits per heavy atom. The van der Waals surface area contributed by atoms with Crippen molar-refractivity contribution in [2.75, 3.05) is 0 Å². The monoisotopic (exact) mass is 191 g/mol. The van der Waals surface area contributed by atoms with E-state index in [2.05, 4.69) is 10.1 Å². The van der Waals surface area contributed by atoms with E-state index in [1.165, 1.54) is 29.1 Å². The fourth-order valence-electron chi connectivity index (χ4n) is 1.11. The van der Waals surface area contributed by atoms with E-state index in [1.807, 2.05) is 0 Å². The van der Waals surface area contributed by atoms with E-state index in [4.69, 9.17) is 0 Å². The van der Waals surface area contributed by atoms with Gasteiger partial charge in [0.1, 0.15) is 5.69 Å². The maximum Gasteiger partial charge on any atom is 0.214 e. The second kappa shape index (κ2) is 3.37. The Balaban J connectivity index is 2.54. The summed E-state index contributed by atoms with van der Waals surface area (Å²) >= 11 is 0. The summed E-state index contributed by atoms with van der Waals surface area (Å²) in [6.07, 6.45) is 2.09. The van der Waals surface area contributed by atoms with E-state index in [-0.39, 0.29) is 5.82 Å². The number of pyridine rings is 1. The third kappa shape index (κ3) is 1.39. The molecule has 2 aromatic rings. The van der Waals surface area contributed by atoms with Gasteiger partial charge < -0.3 is 0 Å². The SMILES string of the molecule is O=Cc1ccnn1-c1cccc(F)n1. The second-order valence-corrected chi connectivity index (χ2v) is 2.60. The van der Waals surface area contributed by atoms with Crippen LogP contribution in [0.3, 0.4) is 0 Å². The number of hydrogen-bond acceptors (Lipinski definition) is 3.